The Balaban J connectivity index is 2.34. The van der Waals surface area contributed by atoms with Crippen LogP contribution in [0.5, 0.6) is 0 Å². The topological polar surface area (TPSA) is 43.8 Å². The molecule has 0 unspecified atom stereocenters. The first-order chi connectivity index (χ1) is 8.65. The molecule has 2 aromatic carbocycles. The van der Waals surface area contributed by atoms with E-state index in [1.54, 1.807) is 0 Å². The molecule has 0 atom stereocenters. The molecule has 18 heavy (non-hydrogen) atoms. The van der Waals surface area contributed by atoms with Crippen molar-refractivity contribution in [2.45, 2.75) is 0 Å². The van der Waals surface area contributed by atoms with Gasteiger partial charge >= 0.3 is 0 Å². The van der Waals surface area contributed by atoms with Gasteiger partial charge in [0.2, 0.25) is 5.95 Å². The molecule has 0 saturated heterocycles. The lowest BCUT2D eigenvalue weighted by atomic mass is 10.3. The summed E-state index contributed by atoms with van der Waals surface area (Å²) >= 11 is 9.48. The fourth-order valence-electron chi connectivity index (χ4n) is 1.95. The van der Waals surface area contributed by atoms with E-state index in [-0.39, 0.29) is 0 Å². The fraction of sp³-hybridized carbons (Fsp3) is 0. The molecule has 3 aromatic rings. The number of rotatable bonds is 1. The van der Waals surface area contributed by atoms with Crippen LogP contribution in [0.25, 0.3) is 16.7 Å². The van der Waals surface area contributed by atoms with Crippen LogP contribution in [0.1, 0.15) is 0 Å². The van der Waals surface area contributed by atoms with Crippen LogP contribution in [0.3, 0.4) is 0 Å². The molecule has 0 radical (unpaired) electrons. The van der Waals surface area contributed by atoms with Gasteiger partial charge in [0.15, 0.2) is 0 Å². The van der Waals surface area contributed by atoms with E-state index in [1.165, 1.54) is 0 Å². The fourth-order valence-corrected chi connectivity index (χ4v) is 2.51. The van der Waals surface area contributed by atoms with Gasteiger partial charge in [-0.05, 0) is 36.4 Å². The Morgan fingerprint density at radius 2 is 2.00 bits per heavy atom. The minimum Gasteiger partial charge on any atom is -0.369 e. The summed E-state index contributed by atoms with van der Waals surface area (Å²) in [7, 11) is 0. The molecule has 1 aromatic heterocycles. The van der Waals surface area contributed by atoms with E-state index in [9.17, 15) is 0 Å². The molecule has 0 bridgehead atoms. The average Bonchev–Trinajstić information content (AvgIpc) is 2.64. The van der Waals surface area contributed by atoms with Crippen LogP contribution in [0.2, 0.25) is 5.02 Å². The summed E-state index contributed by atoms with van der Waals surface area (Å²) in [6.45, 7) is 0. The lowest BCUT2D eigenvalue weighted by Crippen LogP contribution is -2.00. The zero-order valence-corrected chi connectivity index (χ0v) is 11.6. The summed E-state index contributed by atoms with van der Waals surface area (Å²) in [6.07, 6.45) is 0. The molecule has 1 heterocycles. The first-order valence-corrected chi connectivity index (χ1v) is 6.52. The molecule has 3 nitrogen and oxygen atoms in total. The number of hydrogen-bond acceptors (Lipinski definition) is 2. The maximum Gasteiger partial charge on any atom is 0.205 e. The first kappa shape index (κ1) is 11.6. The highest BCUT2D eigenvalue weighted by molar-refractivity contribution is 9.10. The maximum atomic E-state index is 6.03. The van der Waals surface area contributed by atoms with Gasteiger partial charge in [-0.2, -0.15) is 0 Å². The van der Waals surface area contributed by atoms with Gasteiger partial charge in [-0.25, -0.2) is 4.98 Å². The Morgan fingerprint density at radius 1 is 1.17 bits per heavy atom. The minimum atomic E-state index is 0.449. The van der Waals surface area contributed by atoms with Crippen molar-refractivity contribution >= 4 is 44.5 Å². The highest BCUT2D eigenvalue weighted by atomic mass is 79.9. The number of anilines is 1. The highest BCUT2D eigenvalue weighted by Crippen LogP contribution is 2.26. The third kappa shape index (κ3) is 1.87. The third-order valence-electron chi connectivity index (χ3n) is 2.71. The molecule has 0 aliphatic carbocycles. The number of nitrogen functional groups attached to an aromatic ring is 1. The van der Waals surface area contributed by atoms with Crippen LogP contribution in [0.4, 0.5) is 5.95 Å². The quantitative estimate of drug-likeness (QED) is 0.735. The van der Waals surface area contributed by atoms with Crippen molar-refractivity contribution in [1.82, 2.24) is 9.55 Å². The van der Waals surface area contributed by atoms with Gasteiger partial charge in [0.05, 0.1) is 16.7 Å². The summed E-state index contributed by atoms with van der Waals surface area (Å²) < 4.78 is 2.87. The van der Waals surface area contributed by atoms with Gasteiger partial charge in [0.1, 0.15) is 0 Å². The van der Waals surface area contributed by atoms with Crippen molar-refractivity contribution in [2.24, 2.45) is 0 Å². The van der Waals surface area contributed by atoms with E-state index in [0.717, 1.165) is 21.2 Å². The largest absolute Gasteiger partial charge is 0.369 e. The molecule has 2 N–H and O–H groups in total. The molecule has 0 spiro atoms. The molecule has 0 amide bonds. The van der Waals surface area contributed by atoms with E-state index in [2.05, 4.69) is 20.9 Å². The second-order valence-corrected chi connectivity index (χ2v) is 5.27. The van der Waals surface area contributed by atoms with Gasteiger partial charge in [-0.15, -0.1) is 0 Å². The predicted molar refractivity (Wildman–Crippen MR) is 78.2 cm³/mol. The standard InChI is InChI=1S/C13H9BrClN3/c14-8-2-1-3-10(6-8)18-12-7-9(15)4-5-11(12)17-13(18)16/h1-7H,(H2,16,17). The van der Waals surface area contributed by atoms with E-state index in [0.29, 0.717) is 11.0 Å². The number of fused-ring (bicyclic) bond motifs is 1. The van der Waals surface area contributed by atoms with Crippen LogP contribution >= 0.6 is 27.5 Å². The molecular weight excluding hydrogens is 314 g/mol. The monoisotopic (exact) mass is 321 g/mol. The normalized spacial score (nSPS) is 11.0. The lowest BCUT2D eigenvalue weighted by molar-refractivity contribution is 1.11. The Morgan fingerprint density at radius 3 is 2.78 bits per heavy atom. The SMILES string of the molecule is Nc1nc2ccc(Cl)cc2n1-c1cccc(Br)c1. The van der Waals surface area contributed by atoms with Crippen LogP contribution in [-0.2, 0) is 0 Å². The van der Waals surface area contributed by atoms with Crippen LogP contribution in [0.15, 0.2) is 46.9 Å². The summed E-state index contributed by atoms with van der Waals surface area (Å²) in [5.41, 5.74) is 8.66. The first-order valence-electron chi connectivity index (χ1n) is 5.34. The van der Waals surface area contributed by atoms with Gasteiger partial charge in [0, 0.05) is 9.50 Å². The Kier molecular flexibility index (Phi) is 2.76. The van der Waals surface area contributed by atoms with Crippen molar-refractivity contribution in [2.75, 3.05) is 5.73 Å². The molecular formula is C13H9BrClN3. The molecule has 5 heteroatoms. The van der Waals surface area contributed by atoms with Crippen molar-refractivity contribution in [1.29, 1.82) is 0 Å². The molecule has 0 saturated carbocycles. The van der Waals surface area contributed by atoms with E-state index in [4.69, 9.17) is 17.3 Å². The maximum absolute atomic E-state index is 6.03. The van der Waals surface area contributed by atoms with E-state index >= 15 is 0 Å². The van der Waals surface area contributed by atoms with Gasteiger partial charge < -0.3 is 5.73 Å². The number of benzene rings is 2. The summed E-state index contributed by atoms with van der Waals surface area (Å²) in [6, 6.07) is 13.4. The summed E-state index contributed by atoms with van der Waals surface area (Å²) in [5.74, 6) is 0.449. The number of imidazole rings is 1. The van der Waals surface area contributed by atoms with Crippen molar-refractivity contribution < 1.29 is 0 Å². The van der Waals surface area contributed by atoms with Gasteiger partial charge in [0.25, 0.3) is 0 Å². The molecule has 0 aliphatic rings. The number of nitrogens with two attached hydrogens (primary N) is 1. The minimum absolute atomic E-state index is 0.449. The zero-order valence-electron chi connectivity index (χ0n) is 9.27. The van der Waals surface area contributed by atoms with Crippen LogP contribution < -0.4 is 5.73 Å². The van der Waals surface area contributed by atoms with E-state index in [1.807, 2.05) is 47.0 Å². The molecule has 90 valence electrons. The van der Waals surface area contributed by atoms with Crippen LogP contribution in [-0.4, -0.2) is 9.55 Å². The third-order valence-corrected chi connectivity index (χ3v) is 3.44. The van der Waals surface area contributed by atoms with E-state index < -0.39 is 0 Å². The predicted octanol–water partition coefficient (Wildman–Crippen LogP) is 4.02. The smallest absolute Gasteiger partial charge is 0.205 e. The number of hydrogen-bond donors (Lipinski definition) is 1. The Bertz CT molecular complexity index is 736. The zero-order chi connectivity index (χ0) is 12.7. The molecule has 0 fully saturated rings. The molecule has 3 rings (SSSR count). The second kappa shape index (κ2) is 4.30. The molecule has 0 aliphatic heterocycles. The van der Waals surface area contributed by atoms with Crippen molar-refractivity contribution in [3.05, 3.63) is 52.0 Å². The van der Waals surface area contributed by atoms with Crippen molar-refractivity contribution in [3.63, 3.8) is 0 Å². The lowest BCUT2D eigenvalue weighted by Gasteiger charge is -2.06. The van der Waals surface area contributed by atoms with Gasteiger partial charge in [-0.3, -0.25) is 4.57 Å². The summed E-state index contributed by atoms with van der Waals surface area (Å²) in [4.78, 5) is 4.33. The Labute approximate surface area is 117 Å². The van der Waals surface area contributed by atoms with Crippen molar-refractivity contribution in [3.8, 4) is 5.69 Å². The second-order valence-electron chi connectivity index (χ2n) is 3.92. The van der Waals surface area contributed by atoms with Crippen LogP contribution in [0, 0.1) is 0 Å². The summed E-state index contributed by atoms with van der Waals surface area (Å²) in [5, 5.41) is 0.665. The number of nitrogens with zero attached hydrogens (tertiary/aromatic N) is 2. The number of aromatic nitrogens is 2. The Hall–Kier alpha value is -1.52. The average molecular weight is 323 g/mol. The van der Waals surface area contributed by atoms with Gasteiger partial charge in [-0.1, -0.05) is 33.6 Å². The number of halogens is 2. The highest BCUT2D eigenvalue weighted by Gasteiger charge is 2.10.